The van der Waals surface area contributed by atoms with Crippen molar-refractivity contribution in [3.8, 4) is 17.0 Å². The summed E-state index contributed by atoms with van der Waals surface area (Å²) in [5.74, 6) is 0.0653. The van der Waals surface area contributed by atoms with Crippen LogP contribution in [0.25, 0.3) is 22.2 Å². The summed E-state index contributed by atoms with van der Waals surface area (Å²) >= 11 is 0. The van der Waals surface area contributed by atoms with E-state index in [4.69, 9.17) is 14.5 Å². The minimum Gasteiger partial charge on any atom is -0.494 e. The lowest BCUT2D eigenvalue weighted by atomic mass is 9.90. The Kier molecular flexibility index (Phi) is 8.33. The van der Waals surface area contributed by atoms with Gasteiger partial charge in [-0.05, 0) is 50.5 Å². The van der Waals surface area contributed by atoms with E-state index in [0.29, 0.717) is 58.2 Å². The average molecular weight is 557 g/mol. The molecule has 1 N–H and O–H groups in total. The Labute approximate surface area is 233 Å². The number of nitrogens with one attached hydrogen (secondary N) is 1. The number of carbonyl (C=O) groups excluding carboxylic acids is 1. The third-order valence-corrected chi connectivity index (χ3v) is 8.49. The highest BCUT2D eigenvalue weighted by Crippen LogP contribution is 2.39. The van der Waals surface area contributed by atoms with Crippen molar-refractivity contribution in [1.82, 2.24) is 10.3 Å². The minimum absolute atomic E-state index is 0.333. The first-order valence-corrected chi connectivity index (χ1v) is 14.2. The molecule has 1 aromatic heterocycles. The number of ether oxygens (including phenoxy) is 2. The number of fused-ring (bicyclic) bond motifs is 1. The number of esters is 1. The molecule has 40 heavy (non-hydrogen) atoms. The standard InChI is InChI=1S/C31H37F3N3O3/c1-3-40-24-10-11-25-27(19-24)36-29(21-8-7-9-22(18-21)31(32,33)34)26(28(25)30(38)39-2)20-37(16-5-4-6-17-37)23-12-14-35-15-13-23/h7-11,18-19,23,35H,3-6,12-17,20H2,1-2H3/q+1. The van der Waals surface area contributed by atoms with E-state index in [0.717, 1.165) is 74.9 Å². The predicted molar refractivity (Wildman–Crippen MR) is 148 cm³/mol. The van der Waals surface area contributed by atoms with Crippen LogP contribution in [0.3, 0.4) is 0 Å². The molecule has 0 atom stereocenters. The van der Waals surface area contributed by atoms with E-state index in [1.165, 1.54) is 13.2 Å². The van der Waals surface area contributed by atoms with Crippen LogP contribution in [-0.2, 0) is 17.5 Å². The van der Waals surface area contributed by atoms with E-state index >= 15 is 0 Å². The molecule has 0 saturated carbocycles. The molecule has 2 aromatic carbocycles. The molecule has 3 heterocycles. The van der Waals surface area contributed by atoms with Gasteiger partial charge in [0.25, 0.3) is 0 Å². The summed E-state index contributed by atoms with van der Waals surface area (Å²) in [6, 6.07) is 11.0. The molecule has 2 aliphatic rings. The maximum absolute atomic E-state index is 13.8. The monoisotopic (exact) mass is 556 g/mol. The van der Waals surface area contributed by atoms with Crippen molar-refractivity contribution in [1.29, 1.82) is 0 Å². The second kappa shape index (κ2) is 11.7. The fourth-order valence-corrected chi connectivity index (χ4v) is 6.58. The maximum atomic E-state index is 13.8. The zero-order chi connectivity index (χ0) is 28.3. The number of rotatable bonds is 7. The summed E-state index contributed by atoms with van der Waals surface area (Å²) in [5, 5.41) is 4.07. The normalized spacial score (nSPS) is 18.0. The lowest BCUT2D eigenvalue weighted by Gasteiger charge is -2.49. The van der Waals surface area contributed by atoms with Gasteiger partial charge in [0.1, 0.15) is 12.3 Å². The molecule has 2 saturated heterocycles. The summed E-state index contributed by atoms with van der Waals surface area (Å²) in [5.41, 5.74) is 1.49. The number of nitrogens with zero attached hydrogens (tertiary/aromatic N) is 2. The van der Waals surface area contributed by atoms with Gasteiger partial charge in [-0.3, -0.25) is 0 Å². The Morgan fingerprint density at radius 1 is 1.07 bits per heavy atom. The molecule has 2 aliphatic heterocycles. The van der Waals surface area contributed by atoms with E-state index in [1.807, 2.05) is 13.0 Å². The van der Waals surface area contributed by atoms with Crippen LogP contribution in [0.15, 0.2) is 42.5 Å². The van der Waals surface area contributed by atoms with Crippen LogP contribution in [0.2, 0.25) is 0 Å². The first-order valence-electron chi connectivity index (χ1n) is 14.2. The molecule has 2 fully saturated rings. The fraction of sp³-hybridized carbons (Fsp3) is 0.484. The second-order valence-electron chi connectivity index (χ2n) is 10.9. The van der Waals surface area contributed by atoms with Crippen molar-refractivity contribution in [3.63, 3.8) is 0 Å². The number of benzene rings is 2. The van der Waals surface area contributed by atoms with E-state index in [9.17, 15) is 18.0 Å². The first-order chi connectivity index (χ1) is 19.3. The number of piperidine rings is 2. The summed E-state index contributed by atoms with van der Waals surface area (Å²) in [6.45, 7) is 6.64. The van der Waals surface area contributed by atoms with Gasteiger partial charge in [0.15, 0.2) is 0 Å². The smallest absolute Gasteiger partial charge is 0.416 e. The van der Waals surface area contributed by atoms with Gasteiger partial charge in [-0.15, -0.1) is 0 Å². The van der Waals surface area contributed by atoms with Gasteiger partial charge < -0.3 is 19.3 Å². The molecular weight excluding hydrogens is 519 g/mol. The van der Waals surface area contributed by atoms with Crippen molar-refractivity contribution in [3.05, 3.63) is 59.2 Å². The molecule has 0 bridgehead atoms. The van der Waals surface area contributed by atoms with Crippen LogP contribution in [0.5, 0.6) is 5.75 Å². The number of hydrogen-bond acceptors (Lipinski definition) is 5. The first kappa shape index (κ1) is 28.4. The number of aromatic nitrogens is 1. The molecular formula is C31H37F3N3O3+. The molecule has 3 aromatic rings. The van der Waals surface area contributed by atoms with E-state index in [2.05, 4.69) is 5.32 Å². The van der Waals surface area contributed by atoms with Gasteiger partial charge in [0.2, 0.25) is 0 Å². The molecule has 0 amide bonds. The van der Waals surface area contributed by atoms with E-state index < -0.39 is 17.7 Å². The highest BCUT2D eigenvalue weighted by molar-refractivity contribution is 6.06. The van der Waals surface area contributed by atoms with Crippen molar-refractivity contribution in [2.75, 3.05) is 39.9 Å². The lowest BCUT2D eigenvalue weighted by Crippen LogP contribution is -2.60. The van der Waals surface area contributed by atoms with Gasteiger partial charge in [-0.2, -0.15) is 13.2 Å². The molecule has 6 nitrogen and oxygen atoms in total. The predicted octanol–water partition coefficient (Wildman–Crippen LogP) is 6.36. The Morgan fingerprint density at radius 3 is 2.50 bits per heavy atom. The number of likely N-dealkylation sites (tertiary alicyclic amines) is 1. The highest BCUT2D eigenvalue weighted by Gasteiger charge is 2.41. The zero-order valence-corrected chi connectivity index (χ0v) is 23.2. The second-order valence-corrected chi connectivity index (χ2v) is 10.9. The summed E-state index contributed by atoms with van der Waals surface area (Å²) in [7, 11) is 1.34. The van der Waals surface area contributed by atoms with E-state index in [1.54, 1.807) is 18.2 Å². The van der Waals surface area contributed by atoms with Crippen LogP contribution in [0.1, 0.15) is 60.5 Å². The van der Waals surface area contributed by atoms with Crippen LogP contribution in [0, 0.1) is 0 Å². The Bertz CT molecular complexity index is 1360. The van der Waals surface area contributed by atoms with E-state index in [-0.39, 0.29) is 0 Å². The van der Waals surface area contributed by atoms with Crippen LogP contribution >= 0.6 is 0 Å². The van der Waals surface area contributed by atoms with Gasteiger partial charge in [-0.1, -0.05) is 12.1 Å². The lowest BCUT2D eigenvalue weighted by molar-refractivity contribution is -0.968. The summed E-state index contributed by atoms with van der Waals surface area (Å²) in [4.78, 5) is 18.5. The highest BCUT2D eigenvalue weighted by atomic mass is 19.4. The molecule has 5 rings (SSSR count). The summed E-state index contributed by atoms with van der Waals surface area (Å²) in [6.07, 6.45) is 0.849. The van der Waals surface area contributed by atoms with Crippen molar-refractivity contribution >= 4 is 16.9 Å². The van der Waals surface area contributed by atoms with Crippen LogP contribution in [-0.4, -0.2) is 61.4 Å². The van der Waals surface area contributed by atoms with Crippen LogP contribution in [0.4, 0.5) is 13.2 Å². The Morgan fingerprint density at radius 2 is 1.82 bits per heavy atom. The number of pyridine rings is 1. The number of quaternary nitrogens is 1. The van der Waals surface area contributed by atoms with Crippen LogP contribution < -0.4 is 10.1 Å². The Hall–Kier alpha value is -3.17. The van der Waals surface area contributed by atoms with Gasteiger partial charge in [0, 0.05) is 48.5 Å². The Balaban J connectivity index is 1.78. The number of methoxy groups -OCH3 is 1. The van der Waals surface area contributed by atoms with Gasteiger partial charge >= 0.3 is 12.1 Å². The number of alkyl halides is 3. The van der Waals surface area contributed by atoms with Gasteiger partial charge in [0.05, 0.1) is 55.2 Å². The number of halogens is 3. The summed E-state index contributed by atoms with van der Waals surface area (Å²) < 4.78 is 53.2. The SMILES string of the molecule is CCOc1ccc2c(C(=O)OC)c(C[N+]3(C4CCNCC4)CCCCC3)c(-c3cccc(C(F)(F)F)c3)nc2c1. The fourth-order valence-electron chi connectivity index (χ4n) is 6.58. The minimum atomic E-state index is -4.50. The zero-order valence-electron chi connectivity index (χ0n) is 23.2. The maximum Gasteiger partial charge on any atom is 0.416 e. The molecule has 0 aliphatic carbocycles. The third-order valence-electron chi connectivity index (χ3n) is 8.49. The molecule has 0 unspecified atom stereocenters. The van der Waals surface area contributed by atoms with Crippen molar-refractivity contribution < 1.29 is 31.9 Å². The molecule has 0 spiro atoms. The molecule has 214 valence electrons. The quantitative estimate of drug-likeness (QED) is 0.271. The topological polar surface area (TPSA) is 60.5 Å². The molecule has 0 radical (unpaired) electrons. The third kappa shape index (κ3) is 5.67. The molecule has 9 heteroatoms. The average Bonchev–Trinajstić information content (AvgIpc) is 2.97. The number of hydrogen-bond donors (Lipinski definition) is 1. The van der Waals surface area contributed by atoms with Crippen molar-refractivity contribution in [2.24, 2.45) is 0 Å². The number of carbonyl (C=O) groups is 1. The van der Waals surface area contributed by atoms with Gasteiger partial charge in [-0.25, -0.2) is 9.78 Å². The van der Waals surface area contributed by atoms with Crippen molar-refractivity contribution in [2.45, 2.75) is 57.8 Å². The largest absolute Gasteiger partial charge is 0.494 e.